The molecule has 0 aromatic heterocycles. The molecule has 2 aliphatic carbocycles. The summed E-state index contributed by atoms with van der Waals surface area (Å²) < 4.78 is 5.02. The molecule has 2 aliphatic rings. The third-order valence-corrected chi connectivity index (χ3v) is 8.61. The van der Waals surface area contributed by atoms with Gasteiger partial charge in [-0.3, -0.25) is 9.59 Å². The van der Waals surface area contributed by atoms with Gasteiger partial charge in [-0.2, -0.15) is 0 Å². The molecule has 5 heteroatoms. The minimum Gasteiger partial charge on any atom is -0.465 e. The van der Waals surface area contributed by atoms with Gasteiger partial charge >= 0.3 is 5.97 Å². The second-order valence-corrected chi connectivity index (χ2v) is 11.8. The summed E-state index contributed by atoms with van der Waals surface area (Å²) >= 11 is 0. The summed E-state index contributed by atoms with van der Waals surface area (Å²) in [6, 6.07) is 25.8. The Hall–Kier alpha value is -3.18. The van der Waals surface area contributed by atoms with Gasteiger partial charge in [-0.15, -0.1) is 0 Å². The van der Waals surface area contributed by atoms with E-state index >= 15 is 0 Å². The van der Waals surface area contributed by atoms with Crippen LogP contribution in [0.15, 0.2) is 72.8 Å². The highest BCUT2D eigenvalue weighted by atomic mass is 16.5. The second kappa shape index (κ2) is 15.7. The van der Waals surface area contributed by atoms with Crippen LogP contribution >= 0.6 is 0 Å². The van der Waals surface area contributed by atoms with Crippen molar-refractivity contribution < 1.29 is 14.3 Å². The lowest BCUT2D eigenvalue weighted by atomic mass is 9.86. The molecule has 2 fully saturated rings. The number of amides is 1. The molecule has 0 aliphatic heterocycles. The van der Waals surface area contributed by atoms with Crippen molar-refractivity contribution >= 4 is 22.6 Å². The van der Waals surface area contributed by atoms with E-state index in [1.165, 1.54) is 48.4 Å². The molecule has 3 unspecified atom stereocenters. The number of rotatable bonds is 8. The van der Waals surface area contributed by atoms with Crippen LogP contribution in [-0.2, 0) is 9.53 Å². The normalized spacial score (nSPS) is 20.0. The lowest BCUT2D eigenvalue weighted by molar-refractivity contribution is -0.144. The molecule has 0 radical (unpaired) electrons. The number of esters is 1. The highest BCUT2D eigenvalue weighted by molar-refractivity contribution is 5.96. The topological polar surface area (TPSA) is 58.6 Å². The Morgan fingerprint density at radius 2 is 1.59 bits per heavy atom. The van der Waals surface area contributed by atoms with E-state index in [1.807, 2.05) is 18.2 Å². The molecule has 1 amide bonds. The fourth-order valence-electron chi connectivity index (χ4n) is 6.51. The number of ether oxygens (including phenoxy) is 1. The minimum absolute atomic E-state index is 0.0479. The predicted molar refractivity (Wildman–Crippen MR) is 168 cm³/mol. The molecule has 41 heavy (non-hydrogen) atoms. The van der Waals surface area contributed by atoms with E-state index in [1.54, 1.807) is 24.0 Å². The molecule has 0 bridgehead atoms. The molecule has 5 rings (SSSR count). The average molecular weight is 557 g/mol. The summed E-state index contributed by atoms with van der Waals surface area (Å²) in [5.41, 5.74) is 2.06. The van der Waals surface area contributed by atoms with Crippen LogP contribution in [0.2, 0.25) is 0 Å². The zero-order chi connectivity index (χ0) is 29.0. The van der Waals surface area contributed by atoms with Crippen molar-refractivity contribution in [3.63, 3.8) is 0 Å². The monoisotopic (exact) mass is 556 g/mol. The molecule has 2 saturated carbocycles. The van der Waals surface area contributed by atoms with Gasteiger partial charge in [0.1, 0.15) is 6.54 Å². The number of carbonyl (C=O) groups excluding carboxylic acids is 2. The van der Waals surface area contributed by atoms with Gasteiger partial charge in [0, 0.05) is 23.7 Å². The summed E-state index contributed by atoms with van der Waals surface area (Å²) in [7, 11) is 0. The Balaban J connectivity index is 0.000000189. The van der Waals surface area contributed by atoms with Crippen molar-refractivity contribution in [3.8, 4) is 0 Å². The predicted octanol–water partition coefficient (Wildman–Crippen LogP) is 8.09. The van der Waals surface area contributed by atoms with Crippen molar-refractivity contribution in [3.05, 3.63) is 83.9 Å². The Bertz CT molecular complexity index is 1230. The molecule has 3 atom stereocenters. The first-order valence-corrected chi connectivity index (χ1v) is 15.7. The first-order valence-electron chi connectivity index (χ1n) is 15.7. The van der Waals surface area contributed by atoms with Crippen molar-refractivity contribution in [2.24, 2.45) is 5.92 Å². The van der Waals surface area contributed by atoms with Gasteiger partial charge in [-0.1, -0.05) is 99.7 Å². The molecule has 0 spiro atoms. The summed E-state index contributed by atoms with van der Waals surface area (Å²) in [5, 5.41) is 6.59. The molecule has 3 aromatic carbocycles. The van der Waals surface area contributed by atoms with Gasteiger partial charge in [-0.25, -0.2) is 0 Å². The number of carbonyl (C=O) groups is 2. The largest absolute Gasteiger partial charge is 0.465 e. The maximum atomic E-state index is 12.7. The van der Waals surface area contributed by atoms with Crippen LogP contribution in [-0.4, -0.2) is 42.0 Å². The van der Waals surface area contributed by atoms with E-state index in [9.17, 15) is 9.59 Å². The van der Waals surface area contributed by atoms with E-state index in [0.717, 1.165) is 31.6 Å². The molecular weight excluding hydrogens is 508 g/mol. The maximum Gasteiger partial charge on any atom is 0.325 e. The fraction of sp³-hybridized carbons (Fsp3) is 0.500. The van der Waals surface area contributed by atoms with Gasteiger partial charge < -0.3 is 15.0 Å². The van der Waals surface area contributed by atoms with Crippen LogP contribution in [0, 0.1) is 5.92 Å². The Kier molecular flexibility index (Phi) is 11.8. The summed E-state index contributed by atoms with van der Waals surface area (Å²) in [6.07, 6.45) is 10.8. The molecule has 3 aromatic rings. The van der Waals surface area contributed by atoms with Crippen molar-refractivity contribution in [2.45, 2.75) is 96.7 Å². The van der Waals surface area contributed by atoms with Gasteiger partial charge in [-0.05, 0) is 73.9 Å². The number of benzene rings is 3. The minimum atomic E-state index is -0.327. The van der Waals surface area contributed by atoms with E-state index in [4.69, 9.17) is 4.74 Å². The molecule has 1 N–H and O–H groups in total. The van der Waals surface area contributed by atoms with Gasteiger partial charge in [0.05, 0.1) is 6.61 Å². The number of nitrogens with one attached hydrogen (secondary N) is 1. The van der Waals surface area contributed by atoms with Crippen LogP contribution in [0.3, 0.4) is 0 Å². The maximum absolute atomic E-state index is 12.7. The van der Waals surface area contributed by atoms with Gasteiger partial charge in [0.2, 0.25) is 0 Å². The average Bonchev–Trinajstić information content (AvgIpc) is 3.00. The quantitative estimate of drug-likeness (QED) is 0.285. The summed E-state index contributed by atoms with van der Waals surface area (Å²) in [6.45, 7) is 6.86. The number of fused-ring (bicyclic) bond motifs is 1. The molecule has 220 valence electrons. The smallest absolute Gasteiger partial charge is 0.325 e. The van der Waals surface area contributed by atoms with E-state index in [-0.39, 0.29) is 24.5 Å². The lowest BCUT2D eigenvalue weighted by Crippen LogP contribution is -2.44. The van der Waals surface area contributed by atoms with Gasteiger partial charge in [0.15, 0.2) is 0 Å². The first kappa shape index (κ1) is 30.8. The highest BCUT2D eigenvalue weighted by Gasteiger charge is 2.28. The summed E-state index contributed by atoms with van der Waals surface area (Å²) in [5.74, 6) is 0.476. The Morgan fingerprint density at radius 1 is 0.878 bits per heavy atom. The van der Waals surface area contributed by atoms with Crippen LogP contribution in [0.4, 0.5) is 0 Å². The van der Waals surface area contributed by atoms with Crippen LogP contribution < -0.4 is 5.32 Å². The standard InChI is InChI=1S/C19H25N.C17H23NO3/c1-14-7-5-10-17(13-14)20-15(2)18-12-6-9-16-8-3-4-11-19(16)18;1-2-21-16(19)13-18(15-11-7-4-8-12-15)17(20)14-9-5-3-6-10-14/h3-4,6,8-9,11-12,14-15,17,20H,5,7,10,13H2,1-2H3;3,5-6,9-10,15H,2,4,7-8,11-13H2,1H3. The van der Waals surface area contributed by atoms with Crippen molar-refractivity contribution in [1.82, 2.24) is 10.2 Å². The van der Waals surface area contributed by atoms with E-state index < -0.39 is 0 Å². The van der Waals surface area contributed by atoms with Crippen molar-refractivity contribution in [2.75, 3.05) is 13.2 Å². The molecule has 5 nitrogen and oxygen atoms in total. The number of nitrogens with zero attached hydrogens (tertiary/aromatic N) is 1. The lowest BCUT2D eigenvalue weighted by Gasteiger charge is -2.33. The number of hydrogen-bond acceptors (Lipinski definition) is 4. The second-order valence-electron chi connectivity index (χ2n) is 11.8. The third kappa shape index (κ3) is 8.90. The molecule has 0 saturated heterocycles. The Morgan fingerprint density at radius 3 is 2.32 bits per heavy atom. The van der Waals surface area contributed by atoms with Crippen LogP contribution in [0.1, 0.15) is 101 Å². The van der Waals surface area contributed by atoms with Crippen LogP contribution in [0.25, 0.3) is 10.8 Å². The SMILES string of the molecule is CC1CCCC(NC(C)c2cccc3ccccc23)C1.CCOC(=O)CN(C(=O)c1ccccc1)C1CCCCC1. The summed E-state index contributed by atoms with van der Waals surface area (Å²) in [4.78, 5) is 26.2. The van der Waals surface area contributed by atoms with E-state index in [0.29, 0.717) is 24.3 Å². The van der Waals surface area contributed by atoms with Gasteiger partial charge in [0.25, 0.3) is 5.91 Å². The molecular formula is C36H48N2O3. The molecule has 0 heterocycles. The first-order chi connectivity index (χ1) is 20.0. The van der Waals surface area contributed by atoms with Crippen molar-refractivity contribution in [1.29, 1.82) is 0 Å². The van der Waals surface area contributed by atoms with E-state index in [2.05, 4.69) is 61.6 Å². The zero-order valence-corrected chi connectivity index (χ0v) is 25.2. The highest BCUT2D eigenvalue weighted by Crippen LogP contribution is 2.29. The zero-order valence-electron chi connectivity index (χ0n) is 25.2. The number of hydrogen-bond donors (Lipinski definition) is 1. The third-order valence-electron chi connectivity index (χ3n) is 8.61. The fourth-order valence-corrected chi connectivity index (χ4v) is 6.51. The van der Waals surface area contributed by atoms with Crippen LogP contribution in [0.5, 0.6) is 0 Å². The Labute approximate surface area is 246 Å².